The van der Waals surface area contributed by atoms with Crippen LogP contribution >= 0.6 is 0 Å². The van der Waals surface area contributed by atoms with Gasteiger partial charge in [-0.2, -0.15) is 0 Å². The van der Waals surface area contributed by atoms with Gasteiger partial charge in [-0.3, -0.25) is 5.32 Å². The second-order valence-corrected chi connectivity index (χ2v) is 2.63. The molecule has 0 heterocycles. The van der Waals surface area contributed by atoms with E-state index in [4.69, 9.17) is 5.11 Å². The topological polar surface area (TPSA) is 52.5 Å². The van der Waals surface area contributed by atoms with Crippen LogP contribution in [0.4, 0.5) is 0 Å². The fraction of sp³-hybridized carbons (Fsp3) is 0.333. The van der Waals surface area contributed by atoms with Crippen LogP contribution in [0.3, 0.4) is 0 Å². The Bertz CT molecular complexity index is 232. The lowest BCUT2D eigenvalue weighted by atomic mass is 10.0. The second kappa shape index (κ2) is 3.67. The van der Waals surface area contributed by atoms with Crippen molar-refractivity contribution in [1.29, 1.82) is 0 Å². The molecule has 66 valence electrons. The average Bonchev–Trinajstić information content (AvgIpc) is 2.18. The molecule has 0 saturated carbocycles. The Morgan fingerprint density at radius 2 is 1.92 bits per heavy atom. The maximum absolute atomic E-state index is 9.74. The summed E-state index contributed by atoms with van der Waals surface area (Å²) in [6.07, 6.45) is 0. The first-order valence-corrected chi connectivity index (χ1v) is 3.80. The third-order valence-electron chi connectivity index (χ3n) is 1.89. The molecule has 0 aromatic heterocycles. The summed E-state index contributed by atoms with van der Waals surface area (Å²) < 4.78 is 0. The van der Waals surface area contributed by atoms with Crippen molar-refractivity contribution in [2.75, 3.05) is 13.7 Å². The molecule has 1 unspecified atom stereocenters. The number of nitrogens with one attached hydrogen (secondary N) is 1. The van der Waals surface area contributed by atoms with Crippen LogP contribution in [-0.2, 0) is 5.72 Å². The van der Waals surface area contributed by atoms with Gasteiger partial charge in [0.05, 0.1) is 6.61 Å². The minimum Gasteiger partial charge on any atom is -0.392 e. The van der Waals surface area contributed by atoms with Crippen LogP contribution in [0.15, 0.2) is 30.3 Å². The van der Waals surface area contributed by atoms with Crippen molar-refractivity contribution in [2.45, 2.75) is 5.72 Å². The van der Waals surface area contributed by atoms with Crippen molar-refractivity contribution in [3.05, 3.63) is 35.9 Å². The van der Waals surface area contributed by atoms with Gasteiger partial charge in [0.15, 0.2) is 5.72 Å². The van der Waals surface area contributed by atoms with Gasteiger partial charge in [-0.05, 0) is 7.05 Å². The fourth-order valence-electron chi connectivity index (χ4n) is 1.03. The van der Waals surface area contributed by atoms with Gasteiger partial charge >= 0.3 is 0 Å². The van der Waals surface area contributed by atoms with Crippen molar-refractivity contribution < 1.29 is 10.2 Å². The number of likely N-dealkylation sites (N-methyl/N-ethyl adjacent to an activating group) is 1. The highest BCUT2D eigenvalue weighted by Gasteiger charge is 2.25. The van der Waals surface area contributed by atoms with E-state index in [-0.39, 0.29) is 6.61 Å². The Hall–Kier alpha value is -0.900. The fourth-order valence-corrected chi connectivity index (χ4v) is 1.03. The minimum absolute atomic E-state index is 0.340. The van der Waals surface area contributed by atoms with E-state index >= 15 is 0 Å². The van der Waals surface area contributed by atoms with Crippen LogP contribution in [0.1, 0.15) is 5.56 Å². The van der Waals surface area contributed by atoms with E-state index in [1.54, 1.807) is 19.2 Å². The average molecular weight is 167 g/mol. The van der Waals surface area contributed by atoms with Gasteiger partial charge in [0.25, 0.3) is 0 Å². The zero-order valence-electron chi connectivity index (χ0n) is 6.99. The number of hydrogen-bond donors (Lipinski definition) is 3. The first-order chi connectivity index (χ1) is 5.73. The van der Waals surface area contributed by atoms with E-state index < -0.39 is 5.72 Å². The molecule has 0 amide bonds. The van der Waals surface area contributed by atoms with Crippen molar-refractivity contribution in [3.8, 4) is 0 Å². The molecule has 0 aliphatic carbocycles. The Morgan fingerprint density at radius 1 is 1.33 bits per heavy atom. The number of hydrogen-bond acceptors (Lipinski definition) is 3. The first kappa shape index (κ1) is 9.19. The molecule has 12 heavy (non-hydrogen) atoms. The van der Waals surface area contributed by atoms with E-state index in [2.05, 4.69) is 5.32 Å². The Labute approximate surface area is 71.7 Å². The molecule has 0 aliphatic heterocycles. The maximum Gasteiger partial charge on any atom is 0.165 e. The monoisotopic (exact) mass is 167 g/mol. The highest BCUT2D eigenvalue weighted by Crippen LogP contribution is 2.15. The van der Waals surface area contributed by atoms with Crippen LogP contribution < -0.4 is 5.32 Å². The zero-order chi connectivity index (χ0) is 9.03. The number of benzene rings is 1. The van der Waals surface area contributed by atoms with Crippen LogP contribution in [-0.4, -0.2) is 23.9 Å². The highest BCUT2D eigenvalue weighted by atomic mass is 16.3. The van der Waals surface area contributed by atoms with Crippen molar-refractivity contribution >= 4 is 0 Å². The molecule has 1 aromatic carbocycles. The Balaban J connectivity index is 2.95. The third-order valence-corrected chi connectivity index (χ3v) is 1.89. The molecule has 1 atom stereocenters. The van der Waals surface area contributed by atoms with E-state index in [0.717, 1.165) is 0 Å². The summed E-state index contributed by atoms with van der Waals surface area (Å²) in [5.74, 6) is 0. The molecule has 3 N–H and O–H groups in total. The normalized spacial score (nSPS) is 15.6. The van der Waals surface area contributed by atoms with E-state index in [0.29, 0.717) is 5.56 Å². The minimum atomic E-state index is -1.32. The van der Waals surface area contributed by atoms with Gasteiger partial charge in [0.2, 0.25) is 0 Å². The second-order valence-electron chi connectivity index (χ2n) is 2.63. The van der Waals surface area contributed by atoms with Gasteiger partial charge in [0.1, 0.15) is 0 Å². The van der Waals surface area contributed by atoms with Crippen LogP contribution in [0.5, 0.6) is 0 Å². The molecule has 0 aliphatic rings. The smallest absolute Gasteiger partial charge is 0.165 e. The third kappa shape index (κ3) is 1.64. The Kier molecular flexibility index (Phi) is 2.81. The summed E-state index contributed by atoms with van der Waals surface area (Å²) in [5, 5.41) is 21.3. The van der Waals surface area contributed by atoms with Crippen molar-refractivity contribution in [1.82, 2.24) is 5.32 Å². The molecule has 0 radical (unpaired) electrons. The summed E-state index contributed by atoms with van der Waals surface area (Å²) in [6.45, 7) is -0.340. The summed E-state index contributed by atoms with van der Waals surface area (Å²) in [5.41, 5.74) is -0.656. The lowest BCUT2D eigenvalue weighted by Gasteiger charge is -2.25. The first-order valence-electron chi connectivity index (χ1n) is 3.80. The zero-order valence-corrected chi connectivity index (χ0v) is 6.99. The largest absolute Gasteiger partial charge is 0.392 e. The maximum atomic E-state index is 9.74. The summed E-state index contributed by atoms with van der Waals surface area (Å²) >= 11 is 0. The predicted octanol–water partition coefficient (Wildman–Crippen LogP) is 0.0434. The van der Waals surface area contributed by atoms with E-state index in [1.807, 2.05) is 18.2 Å². The number of aliphatic hydroxyl groups is 2. The van der Waals surface area contributed by atoms with E-state index in [9.17, 15) is 5.11 Å². The number of aliphatic hydroxyl groups excluding tert-OH is 1. The predicted molar refractivity (Wildman–Crippen MR) is 46.5 cm³/mol. The lowest BCUT2D eigenvalue weighted by Crippen LogP contribution is -2.43. The van der Waals surface area contributed by atoms with Gasteiger partial charge in [-0.1, -0.05) is 30.3 Å². The van der Waals surface area contributed by atoms with Gasteiger partial charge in [-0.25, -0.2) is 0 Å². The highest BCUT2D eigenvalue weighted by molar-refractivity contribution is 5.21. The van der Waals surface area contributed by atoms with E-state index in [1.165, 1.54) is 0 Å². The molecular weight excluding hydrogens is 154 g/mol. The van der Waals surface area contributed by atoms with Crippen LogP contribution in [0, 0.1) is 0 Å². The summed E-state index contributed by atoms with van der Waals surface area (Å²) in [7, 11) is 1.60. The summed E-state index contributed by atoms with van der Waals surface area (Å²) in [4.78, 5) is 0. The molecule has 1 rings (SSSR count). The molecule has 0 fully saturated rings. The van der Waals surface area contributed by atoms with Crippen molar-refractivity contribution in [3.63, 3.8) is 0 Å². The molecule has 0 bridgehead atoms. The van der Waals surface area contributed by atoms with Gasteiger partial charge in [0, 0.05) is 5.56 Å². The molecule has 1 aromatic rings. The van der Waals surface area contributed by atoms with Gasteiger partial charge < -0.3 is 10.2 Å². The van der Waals surface area contributed by atoms with Gasteiger partial charge in [-0.15, -0.1) is 0 Å². The van der Waals surface area contributed by atoms with Crippen molar-refractivity contribution in [2.24, 2.45) is 0 Å². The molecule has 0 spiro atoms. The van der Waals surface area contributed by atoms with Crippen LogP contribution in [0.25, 0.3) is 0 Å². The van der Waals surface area contributed by atoms with Crippen LogP contribution in [0.2, 0.25) is 0 Å². The Morgan fingerprint density at radius 3 is 2.33 bits per heavy atom. The lowest BCUT2D eigenvalue weighted by molar-refractivity contribution is -0.0424. The molecular formula is C9H13NO2. The SMILES string of the molecule is CNC(O)(CO)c1ccccc1. The molecule has 3 heteroatoms. The molecule has 3 nitrogen and oxygen atoms in total. The number of rotatable bonds is 3. The molecule has 0 saturated heterocycles. The quantitative estimate of drug-likeness (QED) is 0.557. The standard InChI is InChI=1S/C9H13NO2/c1-10-9(12,7-11)8-5-3-2-4-6-8/h2-6,10-12H,7H2,1H3. The summed E-state index contributed by atoms with van der Waals surface area (Å²) in [6, 6.07) is 9.00.